The van der Waals surface area contributed by atoms with Crippen LogP contribution in [0.1, 0.15) is 38.7 Å². The molecular weight excluding hydrogens is 232 g/mol. The van der Waals surface area contributed by atoms with Crippen molar-refractivity contribution in [3.8, 4) is 0 Å². The highest BCUT2D eigenvalue weighted by Crippen LogP contribution is 2.47. The smallest absolute Gasteiger partial charge is 0.0456 e. The molecule has 2 heteroatoms. The molecule has 1 aliphatic carbocycles. The molecule has 0 spiro atoms. The van der Waals surface area contributed by atoms with E-state index in [1.54, 1.807) is 0 Å². The number of benzene rings is 1. The van der Waals surface area contributed by atoms with Crippen LogP contribution in [0.4, 0.5) is 0 Å². The van der Waals surface area contributed by atoms with Gasteiger partial charge in [0.1, 0.15) is 0 Å². The van der Waals surface area contributed by atoms with E-state index < -0.39 is 0 Å². The molecular formula is C17H24N2. The molecule has 0 radical (unpaired) electrons. The van der Waals surface area contributed by atoms with Crippen LogP contribution in [0.5, 0.6) is 0 Å². The van der Waals surface area contributed by atoms with Gasteiger partial charge in [-0.15, -0.1) is 0 Å². The van der Waals surface area contributed by atoms with Crippen LogP contribution in [-0.4, -0.2) is 17.6 Å². The number of fused-ring (bicyclic) bond motifs is 1. The molecule has 1 atom stereocenters. The van der Waals surface area contributed by atoms with Gasteiger partial charge in [0, 0.05) is 29.7 Å². The lowest BCUT2D eigenvalue weighted by atomic mass is 10.0. The van der Waals surface area contributed by atoms with Gasteiger partial charge < -0.3 is 10.3 Å². The highest BCUT2D eigenvalue weighted by molar-refractivity contribution is 5.83. The van der Waals surface area contributed by atoms with Crippen molar-refractivity contribution in [3.63, 3.8) is 0 Å². The number of rotatable bonds is 6. The van der Waals surface area contributed by atoms with E-state index in [-0.39, 0.29) is 0 Å². The number of aromatic amines is 1. The Labute approximate surface area is 115 Å². The SMILES string of the molecule is CCC1(CN[C@H](C)Cc2c[nH]c3ccccc23)CC1. The maximum absolute atomic E-state index is 3.73. The van der Waals surface area contributed by atoms with Gasteiger partial charge >= 0.3 is 0 Å². The van der Waals surface area contributed by atoms with Crippen LogP contribution in [0.2, 0.25) is 0 Å². The third-order valence-corrected chi connectivity index (χ3v) is 4.73. The topological polar surface area (TPSA) is 27.8 Å². The van der Waals surface area contributed by atoms with E-state index in [1.807, 2.05) is 0 Å². The molecule has 0 saturated heterocycles. The van der Waals surface area contributed by atoms with Crippen LogP contribution >= 0.6 is 0 Å². The summed E-state index contributed by atoms with van der Waals surface area (Å²) in [6, 6.07) is 9.11. The molecule has 1 fully saturated rings. The highest BCUT2D eigenvalue weighted by Gasteiger charge is 2.40. The van der Waals surface area contributed by atoms with Crippen LogP contribution in [0.25, 0.3) is 10.9 Å². The van der Waals surface area contributed by atoms with Crippen molar-refractivity contribution < 1.29 is 0 Å². The maximum atomic E-state index is 3.73. The Hall–Kier alpha value is -1.28. The Kier molecular flexibility index (Phi) is 3.36. The van der Waals surface area contributed by atoms with Gasteiger partial charge in [-0.2, -0.15) is 0 Å². The number of aromatic nitrogens is 1. The second-order valence-corrected chi connectivity index (χ2v) is 6.20. The minimum absolute atomic E-state index is 0.545. The molecule has 0 unspecified atom stereocenters. The summed E-state index contributed by atoms with van der Waals surface area (Å²) in [6.07, 6.45) is 7.41. The Morgan fingerprint density at radius 2 is 2.11 bits per heavy atom. The van der Waals surface area contributed by atoms with Gasteiger partial charge in [-0.25, -0.2) is 0 Å². The van der Waals surface area contributed by atoms with Crippen LogP contribution < -0.4 is 5.32 Å². The second kappa shape index (κ2) is 5.01. The predicted octanol–water partition coefficient (Wildman–Crippen LogP) is 3.88. The number of nitrogens with one attached hydrogen (secondary N) is 2. The lowest BCUT2D eigenvalue weighted by Crippen LogP contribution is -2.33. The van der Waals surface area contributed by atoms with Gasteiger partial charge in [0.15, 0.2) is 0 Å². The predicted molar refractivity (Wildman–Crippen MR) is 81.4 cm³/mol. The number of para-hydroxylation sites is 1. The van der Waals surface area contributed by atoms with E-state index in [1.165, 1.54) is 42.3 Å². The van der Waals surface area contributed by atoms with Crippen molar-refractivity contribution >= 4 is 10.9 Å². The summed E-state index contributed by atoms with van der Waals surface area (Å²) in [5.74, 6) is 0. The molecule has 1 aliphatic rings. The van der Waals surface area contributed by atoms with Crippen LogP contribution in [0.3, 0.4) is 0 Å². The first-order valence-electron chi connectivity index (χ1n) is 7.51. The van der Waals surface area contributed by atoms with E-state index in [9.17, 15) is 0 Å². The Morgan fingerprint density at radius 3 is 2.84 bits per heavy atom. The largest absolute Gasteiger partial charge is 0.361 e. The van der Waals surface area contributed by atoms with Gasteiger partial charge in [-0.3, -0.25) is 0 Å². The molecule has 1 heterocycles. The number of hydrogen-bond donors (Lipinski definition) is 2. The summed E-state index contributed by atoms with van der Waals surface area (Å²) in [5.41, 5.74) is 3.31. The molecule has 19 heavy (non-hydrogen) atoms. The summed E-state index contributed by atoms with van der Waals surface area (Å²) >= 11 is 0. The molecule has 2 nitrogen and oxygen atoms in total. The zero-order valence-corrected chi connectivity index (χ0v) is 12.0. The normalized spacial score (nSPS) is 18.6. The minimum Gasteiger partial charge on any atom is -0.361 e. The fourth-order valence-electron chi connectivity index (χ4n) is 2.93. The third kappa shape index (κ3) is 2.69. The van der Waals surface area contributed by atoms with Crippen molar-refractivity contribution in [1.29, 1.82) is 0 Å². The first-order valence-corrected chi connectivity index (χ1v) is 7.51. The minimum atomic E-state index is 0.545. The van der Waals surface area contributed by atoms with Crippen LogP contribution in [0, 0.1) is 5.41 Å². The molecule has 1 aromatic heterocycles. The quantitative estimate of drug-likeness (QED) is 0.806. The average Bonchev–Trinajstić information content (AvgIpc) is 3.13. The van der Waals surface area contributed by atoms with Crippen molar-refractivity contribution in [2.75, 3.05) is 6.54 Å². The van der Waals surface area contributed by atoms with Gasteiger partial charge in [-0.05, 0) is 49.7 Å². The maximum Gasteiger partial charge on any atom is 0.0456 e. The molecule has 2 aromatic rings. The first-order chi connectivity index (χ1) is 9.22. The Morgan fingerprint density at radius 1 is 1.32 bits per heavy atom. The van der Waals surface area contributed by atoms with Crippen molar-refractivity contribution in [1.82, 2.24) is 10.3 Å². The molecule has 102 valence electrons. The van der Waals surface area contributed by atoms with E-state index in [2.05, 4.69) is 54.6 Å². The Balaban J connectivity index is 1.61. The lowest BCUT2D eigenvalue weighted by molar-refractivity contribution is 0.409. The van der Waals surface area contributed by atoms with Gasteiger partial charge in [0.05, 0.1) is 0 Å². The van der Waals surface area contributed by atoms with Gasteiger partial charge in [-0.1, -0.05) is 25.1 Å². The molecule has 3 rings (SSSR count). The molecule has 2 N–H and O–H groups in total. The zero-order valence-electron chi connectivity index (χ0n) is 12.0. The van der Waals surface area contributed by atoms with E-state index in [4.69, 9.17) is 0 Å². The fraction of sp³-hybridized carbons (Fsp3) is 0.529. The number of hydrogen-bond acceptors (Lipinski definition) is 1. The molecule has 0 amide bonds. The molecule has 1 saturated carbocycles. The highest BCUT2D eigenvalue weighted by atomic mass is 14.9. The zero-order chi connectivity index (χ0) is 13.3. The van der Waals surface area contributed by atoms with Crippen molar-refractivity contribution in [3.05, 3.63) is 36.0 Å². The molecule has 0 bridgehead atoms. The van der Waals surface area contributed by atoms with Crippen molar-refractivity contribution in [2.45, 2.75) is 45.6 Å². The van der Waals surface area contributed by atoms with E-state index >= 15 is 0 Å². The second-order valence-electron chi connectivity index (χ2n) is 6.20. The van der Waals surface area contributed by atoms with Crippen molar-refractivity contribution in [2.24, 2.45) is 5.41 Å². The average molecular weight is 256 g/mol. The Bertz CT molecular complexity index is 551. The van der Waals surface area contributed by atoms with E-state index in [0.29, 0.717) is 11.5 Å². The van der Waals surface area contributed by atoms with E-state index in [0.717, 1.165) is 6.42 Å². The number of H-pyrrole nitrogens is 1. The standard InChI is InChI=1S/C17H24N2/c1-3-17(8-9-17)12-19-13(2)10-14-11-18-16-7-5-4-6-15(14)16/h4-7,11,13,18-19H,3,8-10,12H2,1-2H3/t13-/m1/s1. The fourth-order valence-corrected chi connectivity index (χ4v) is 2.93. The molecule has 1 aromatic carbocycles. The lowest BCUT2D eigenvalue weighted by Gasteiger charge is -2.18. The van der Waals surface area contributed by atoms with Crippen LogP contribution in [0.15, 0.2) is 30.5 Å². The summed E-state index contributed by atoms with van der Waals surface area (Å²) < 4.78 is 0. The van der Waals surface area contributed by atoms with Gasteiger partial charge in [0.2, 0.25) is 0 Å². The summed E-state index contributed by atoms with van der Waals surface area (Å²) in [6.45, 7) is 5.81. The first kappa shape index (κ1) is 12.7. The summed E-state index contributed by atoms with van der Waals surface area (Å²) in [7, 11) is 0. The van der Waals surface area contributed by atoms with Gasteiger partial charge in [0.25, 0.3) is 0 Å². The summed E-state index contributed by atoms with van der Waals surface area (Å²) in [5, 5.41) is 5.09. The monoisotopic (exact) mass is 256 g/mol. The third-order valence-electron chi connectivity index (χ3n) is 4.73. The summed E-state index contributed by atoms with van der Waals surface area (Å²) in [4.78, 5) is 3.36. The molecule has 0 aliphatic heterocycles. The van der Waals surface area contributed by atoms with Crippen LogP contribution in [-0.2, 0) is 6.42 Å².